The van der Waals surface area contributed by atoms with Crippen molar-refractivity contribution >= 4 is 16.9 Å². The van der Waals surface area contributed by atoms with Crippen LogP contribution in [0.3, 0.4) is 0 Å². The van der Waals surface area contributed by atoms with Crippen LogP contribution in [0.1, 0.15) is 62.0 Å². The number of furan rings is 2. The molecule has 3 aromatic rings. The lowest BCUT2D eigenvalue weighted by Gasteiger charge is -2.63. The summed E-state index contributed by atoms with van der Waals surface area (Å²) < 4.78 is 12.6. The first kappa shape index (κ1) is 15.7. The van der Waals surface area contributed by atoms with Crippen LogP contribution in [0.4, 0.5) is 5.69 Å². The zero-order chi connectivity index (χ0) is 18.6. The van der Waals surface area contributed by atoms with E-state index in [-0.39, 0.29) is 11.6 Å². The van der Waals surface area contributed by atoms with E-state index < -0.39 is 0 Å². The van der Waals surface area contributed by atoms with Crippen LogP contribution < -0.4 is 4.90 Å². The molecule has 144 valence electrons. The summed E-state index contributed by atoms with van der Waals surface area (Å²) in [5.41, 5.74) is 5.99. The minimum atomic E-state index is 0.00975. The monoisotopic (exact) mass is 373 g/mol. The maximum atomic E-state index is 6.66. The van der Waals surface area contributed by atoms with Crippen molar-refractivity contribution in [1.29, 1.82) is 0 Å². The predicted octanol–water partition coefficient (Wildman–Crippen LogP) is 6.57. The molecule has 8 rings (SSSR count). The van der Waals surface area contributed by atoms with Gasteiger partial charge in [0.25, 0.3) is 0 Å². The molecule has 5 aliphatic rings. The lowest BCUT2D eigenvalue weighted by molar-refractivity contribution is -0.0679. The second kappa shape index (κ2) is 5.06. The van der Waals surface area contributed by atoms with Crippen LogP contribution in [0, 0.1) is 30.6 Å². The molecular formula is C25H27NO2. The minimum absolute atomic E-state index is 0.00975. The highest BCUT2D eigenvalue weighted by Gasteiger charge is 2.67. The molecule has 1 aliphatic heterocycles. The molecule has 3 heterocycles. The number of benzene rings is 1. The summed E-state index contributed by atoms with van der Waals surface area (Å²) in [4.78, 5) is 2.77. The highest BCUT2D eigenvalue weighted by molar-refractivity contribution is 5.81. The fourth-order valence-electron chi connectivity index (χ4n) is 7.99. The SMILES string of the molecule is Cc1ccccc1N1[C@@H](C)c2c(oc3ccoc23)C12C1CC3CC(C1)CC2C3. The Kier molecular flexibility index (Phi) is 2.84. The van der Waals surface area contributed by atoms with Gasteiger partial charge in [-0.05, 0) is 81.3 Å². The number of para-hydroxylation sites is 1. The zero-order valence-corrected chi connectivity index (χ0v) is 16.7. The van der Waals surface area contributed by atoms with Crippen LogP contribution in [0.15, 0.2) is 45.4 Å². The van der Waals surface area contributed by atoms with E-state index in [9.17, 15) is 0 Å². The van der Waals surface area contributed by atoms with Crippen LogP contribution in [0.25, 0.3) is 11.2 Å². The van der Waals surface area contributed by atoms with Crippen molar-refractivity contribution in [3.63, 3.8) is 0 Å². The number of hydrogen-bond donors (Lipinski definition) is 0. The fraction of sp³-hybridized carbons (Fsp3) is 0.520. The third-order valence-electron chi connectivity index (χ3n) is 8.66. The normalized spacial score (nSPS) is 38.1. The highest BCUT2D eigenvalue weighted by Crippen LogP contribution is 2.69. The average Bonchev–Trinajstić information content (AvgIpc) is 3.31. The summed E-state index contributed by atoms with van der Waals surface area (Å²) in [6, 6.07) is 11.2. The van der Waals surface area contributed by atoms with Gasteiger partial charge in [-0.1, -0.05) is 18.2 Å². The molecule has 0 amide bonds. The summed E-state index contributed by atoms with van der Waals surface area (Å²) in [6.45, 7) is 4.62. The predicted molar refractivity (Wildman–Crippen MR) is 109 cm³/mol. The molecule has 4 fully saturated rings. The maximum Gasteiger partial charge on any atom is 0.177 e. The molecule has 1 spiro atoms. The molecule has 0 radical (unpaired) electrons. The Labute approximate surface area is 165 Å². The number of anilines is 1. The molecule has 1 aromatic carbocycles. The smallest absolute Gasteiger partial charge is 0.177 e. The van der Waals surface area contributed by atoms with Gasteiger partial charge in [0.05, 0.1) is 17.9 Å². The van der Waals surface area contributed by atoms with Crippen molar-refractivity contribution in [1.82, 2.24) is 0 Å². The number of fused-ring (bicyclic) bond motifs is 3. The second-order valence-corrected chi connectivity index (χ2v) is 9.92. The lowest BCUT2D eigenvalue weighted by Crippen LogP contribution is -2.62. The third kappa shape index (κ3) is 1.65. The summed E-state index contributed by atoms with van der Waals surface area (Å²) in [6.07, 6.45) is 8.71. The Morgan fingerprint density at radius 3 is 2.39 bits per heavy atom. The van der Waals surface area contributed by atoms with Gasteiger partial charge in [-0.2, -0.15) is 0 Å². The number of hydrogen-bond acceptors (Lipinski definition) is 3. The number of nitrogens with zero attached hydrogens (tertiary/aromatic N) is 1. The van der Waals surface area contributed by atoms with Gasteiger partial charge in [-0.3, -0.25) is 0 Å². The fourth-order valence-corrected chi connectivity index (χ4v) is 7.99. The van der Waals surface area contributed by atoms with E-state index in [1.165, 1.54) is 54.7 Å². The molecule has 3 nitrogen and oxygen atoms in total. The van der Waals surface area contributed by atoms with Crippen molar-refractivity contribution < 1.29 is 8.83 Å². The second-order valence-electron chi connectivity index (χ2n) is 9.92. The van der Waals surface area contributed by atoms with Crippen molar-refractivity contribution in [2.75, 3.05) is 4.90 Å². The van der Waals surface area contributed by atoms with Crippen LogP contribution in [-0.2, 0) is 5.54 Å². The number of aryl methyl sites for hydroxylation is 1. The third-order valence-corrected chi connectivity index (χ3v) is 8.66. The average molecular weight is 373 g/mol. The van der Waals surface area contributed by atoms with Gasteiger partial charge in [-0.25, -0.2) is 0 Å². The first-order valence-electron chi connectivity index (χ1n) is 11.0. The molecule has 2 aromatic heterocycles. The maximum absolute atomic E-state index is 6.66. The van der Waals surface area contributed by atoms with Crippen LogP contribution >= 0.6 is 0 Å². The molecule has 0 saturated heterocycles. The standard InChI is InChI=1S/C25H27NO2/c1-14-5-3-4-6-20(14)26-15(2)22-23-21(7-8-27-23)28-24(22)25(26)18-10-16-9-17(12-18)13-19(25)11-16/h3-8,15-19H,9-13H2,1-2H3/t15-,16?,17?,18?,19?,25?/m0/s1. The Morgan fingerprint density at radius 1 is 0.964 bits per heavy atom. The molecule has 1 atom stereocenters. The molecule has 0 N–H and O–H groups in total. The molecule has 3 heteroatoms. The van der Waals surface area contributed by atoms with Crippen LogP contribution in [-0.4, -0.2) is 0 Å². The summed E-state index contributed by atoms with van der Waals surface area (Å²) in [7, 11) is 0. The van der Waals surface area contributed by atoms with E-state index in [2.05, 4.69) is 43.0 Å². The van der Waals surface area contributed by atoms with Crippen molar-refractivity contribution in [2.45, 2.75) is 57.5 Å². The van der Waals surface area contributed by atoms with E-state index in [4.69, 9.17) is 8.83 Å². The Balaban J connectivity index is 1.54. The van der Waals surface area contributed by atoms with Gasteiger partial charge in [0.2, 0.25) is 0 Å². The first-order valence-corrected chi connectivity index (χ1v) is 11.0. The summed E-state index contributed by atoms with van der Waals surface area (Å²) in [5, 5.41) is 0. The van der Waals surface area contributed by atoms with E-state index in [0.717, 1.165) is 23.0 Å². The van der Waals surface area contributed by atoms with E-state index in [1.807, 2.05) is 6.07 Å². The highest BCUT2D eigenvalue weighted by atomic mass is 16.4. The topological polar surface area (TPSA) is 29.5 Å². The van der Waals surface area contributed by atoms with E-state index in [0.29, 0.717) is 11.8 Å². The minimum Gasteiger partial charge on any atom is -0.460 e. The molecular weight excluding hydrogens is 346 g/mol. The molecule has 4 aliphatic carbocycles. The molecule has 4 saturated carbocycles. The van der Waals surface area contributed by atoms with E-state index >= 15 is 0 Å². The number of rotatable bonds is 1. The van der Waals surface area contributed by atoms with Gasteiger partial charge in [0, 0.05) is 11.8 Å². The first-order chi connectivity index (χ1) is 13.7. The Morgan fingerprint density at radius 2 is 1.68 bits per heavy atom. The van der Waals surface area contributed by atoms with Gasteiger partial charge in [0.15, 0.2) is 11.2 Å². The van der Waals surface area contributed by atoms with Crippen molar-refractivity contribution in [3.8, 4) is 0 Å². The van der Waals surface area contributed by atoms with Gasteiger partial charge in [-0.15, -0.1) is 0 Å². The van der Waals surface area contributed by atoms with Gasteiger partial charge in [0.1, 0.15) is 11.3 Å². The Hall–Kier alpha value is -2.16. The quantitative estimate of drug-likeness (QED) is 0.483. The summed E-state index contributed by atoms with van der Waals surface area (Å²) >= 11 is 0. The van der Waals surface area contributed by atoms with Crippen molar-refractivity contribution in [2.24, 2.45) is 23.7 Å². The van der Waals surface area contributed by atoms with Gasteiger partial charge >= 0.3 is 0 Å². The van der Waals surface area contributed by atoms with Crippen LogP contribution in [0.5, 0.6) is 0 Å². The van der Waals surface area contributed by atoms with E-state index in [1.54, 1.807) is 6.26 Å². The van der Waals surface area contributed by atoms with Crippen LogP contribution in [0.2, 0.25) is 0 Å². The molecule has 0 unspecified atom stereocenters. The zero-order valence-electron chi connectivity index (χ0n) is 16.7. The largest absolute Gasteiger partial charge is 0.460 e. The van der Waals surface area contributed by atoms with Gasteiger partial charge < -0.3 is 13.7 Å². The molecule has 4 bridgehead atoms. The lowest BCUT2D eigenvalue weighted by atomic mass is 9.48. The van der Waals surface area contributed by atoms with Crippen molar-refractivity contribution in [3.05, 3.63) is 53.5 Å². The Bertz CT molecular complexity index is 1060. The molecule has 28 heavy (non-hydrogen) atoms. The summed E-state index contributed by atoms with van der Waals surface area (Å²) in [5.74, 6) is 4.50.